The fraction of sp³-hybridized carbons (Fsp3) is 0.346. The van der Waals surface area contributed by atoms with Crippen LogP contribution in [0, 0.1) is 0 Å². The minimum absolute atomic E-state index is 0.110. The summed E-state index contributed by atoms with van der Waals surface area (Å²) in [4.78, 5) is 17.5. The first kappa shape index (κ1) is 23.3. The summed E-state index contributed by atoms with van der Waals surface area (Å²) in [5.74, 6) is 1.34. The number of benzene rings is 1. The van der Waals surface area contributed by atoms with Crippen LogP contribution in [-0.4, -0.2) is 40.7 Å². The monoisotopic (exact) mass is 487 g/mol. The first-order chi connectivity index (χ1) is 16.8. The maximum absolute atomic E-state index is 13.3. The van der Waals surface area contributed by atoms with E-state index in [4.69, 9.17) is 5.10 Å². The lowest BCUT2D eigenvalue weighted by atomic mass is 9.92. The van der Waals surface area contributed by atoms with Crippen LogP contribution in [0.5, 0.6) is 0 Å². The van der Waals surface area contributed by atoms with Gasteiger partial charge in [-0.05, 0) is 44.0 Å². The lowest BCUT2D eigenvalue weighted by Gasteiger charge is -2.14. The van der Waals surface area contributed by atoms with E-state index >= 15 is 0 Å². The second-order valence-corrected chi connectivity index (χ2v) is 11.1. The molecule has 1 amide bonds. The number of pyridine rings is 1. The molecule has 0 radical (unpaired) electrons. The van der Waals surface area contributed by atoms with Gasteiger partial charge in [-0.25, -0.2) is 4.68 Å². The second kappa shape index (κ2) is 9.30. The lowest BCUT2D eigenvalue weighted by Crippen LogP contribution is -2.24. The molecular formula is C26H29N7OS. The molecule has 3 heterocycles. The van der Waals surface area contributed by atoms with Crippen molar-refractivity contribution in [1.29, 1.82) is 0 Å². The van der Waals surface area contributed by atoms with Crippen molar-refractivity contribution in [2.75, 3.05) is 5.32 Å². The molecule has 1 N–H and O–H groups in total. The molecule has 1 aliphatic rings. The van der Waals surface area contributed by atoms with Crippen molar-refractivity contribution in [2.45, 2.75) is 62.4 Å². The predicted molar refractivity (Wildman–Crippen MR) is 138 cm³/mol. The summed E-state index contributed by atoms with van der Waals surface area (Å²) in [6, 6.07) is 16.0. The number of hydrogen-bond acceptors (Lipinski definition) is 6. The highest BCUT2D eigenvalue weighted by Gasteiger charge is 2.32. The van der Waals surface area contributed by atoms with Crippen LogP contribution in [0.3, 0.4) is 0 Å². The molecule has 1 fully saturated rings. The summed E-state index contributed by atoms with van der Waals surface area (Å²) >= 11 is 1.42. The molecule has 35 heavy (non-hydrogen) atoms. The molecule has 9 heteroatoms. The predicted octanol–water partition coefficient (Wildman–Crippen LogP) is 5.28. The van der Waals surface area contributed by atoms with Gasteiger partial charge in [-0.15, -0.1) is 10.2 Å². The third-order valence-electron chi connectivity index (χ3n) is 5.88. The number of nitrogens with zero attached hydrogens (tertiary/aromatic N) is 6. The Kier molecular flexibility index (Phi) is 6.19. The van der Waals surface area contributed by atoms with Crippen molar-refractivity contribution >= 4 is 23.5 Å². The van der Waals surface area contributed by atoms with Gasteiger partial charge in [0.25, 0.3) is 0 Å². The van der Waals surface area contributed by atoms with Crippen molar-refractivity contribution in [1.82, 2.24) is 29.5 Å². The Bertz CT molecular complexity index is 1320. The van der Waals surface area contributed by atoms with Crippen LogP contribution >= 0.6 is 11.8 Å². The Balaban J connectivity index is 1.38. The largest absolute Gasteiger partial charge is 0.310 e. The van der Waals surface area contributed by atoms with E-state index in [-0.39, 0.29) is 16.6 Å². The van der Waals surface area contributed by atoms with Gasteiger partial charge in [-0.3, -0.25) is 14.3 Å². The number of aromatic nitrogens is 6. The van der Waals surface area contributed by atoms with Gasteiger partial charge in [0.1, 0.15) is 5.82 Å². The normalized spacial score (nSPS) is 14.6. The smallest absolute Gasteiger partial charge is 0.238 e. The Hall–Kier alpha value is -3.46. The Morgan fingerprint density at radius 1 is 1.11 bits per heavy atom. The zero-order chi connectivity index (χ0) is 24.6. The van der Waals surface area contributed by atoms with Crippen molar-refractivity contribution in [3.8, 4) is 17.1 Å². The molecule has 3 aromatic heterocycles. The van der Waals surface area contributed by atoms with Gasteiger partial charge in [-0.2, -0.15) is 5.10 Å². The number of hydrogen-bond donors (Lipinski definition) is 1. The number of carbonyl (C=O) groups excluding carboxylic acids is 1. The SMILES string of the molecule is C[C@H](Sc1nnc(-c2cccnc2)n1C1CC1)C(=O)Nc1cc(C(C)(C)C)nn1-c1ccccc1. The van der Waals surface area contributed by atoms with E-state index in [1.54, 1.807) is 17.1 Å². The zero-order valence-electron chi connectivity index (χ0n) is 20.3. The summed E-state index contributed by atoms with van der Waals surface area (Å²) in [5.41, 5.74) is 2.58. The Morgan fingerprint density at radius 2 is 1.89 bits per heavy atom. The van der Waals surface area contributed by atoms with Crippen molar-refractivity contribution < 1.29 is 4.79 Å². The lowest BCUT2D eigenvalue weighted by molar-refractivity contribution is -0.115. The molecular weight excluding hydrogens is 458 g/mol. The average Bonchev–Trinajstić information content (AvgIpc) is 3.45. The van der Waals surface area contributed by atoms with E-state index in [1.807, 2.05) is 55.5 Å². The van der Waals surface area contributed by atoms with Crippen LogP contribution in [0.15, 0.2) is 66.1 Å². The number of para-hydroxylation sites is 1. The zero-order valence-corrected chi connectivity index (χ0v) is 21.2. The van der Waals surface area contributed by atoms with Gasteiger partial charge in [0.2, 0.25) is 5.91 Å². The van der Waals surface area contributed by atoms with Gasteiger partial charge >= 0.3 is 0 Å². The average molecular weight is 488 g/mol. The summed E-state index contributed by atoms with van der Waals surface area (Å²) in [6.45, 7) is 8.22. The minimum atomic E-state index is -0.379. The molecule has 0 spiro atoms. The molecule has 4 aromatic rings. The Labute approximate surface area is 209 Å². The highest BCUT2D eigenvalue weighted by atomic mass is 32.2. The van der Waals surface area contributed by atoms with E-state index in [0.29, 0.717) is 11.9 Å². The van der Waals surface area contributed by atoms with Gasteiger partial charge in [-0.1, -0.05) is 50.7 Å². The molecule has 0 bridgehead atoms. The third kappa shape index (κ3) is 5.00. The topological polar surface area (TPSA) is 90.5 Å². The molecule has 0 unspecified atom stereocenters. The molecule has 0 saturated heterocycles. The van der Waals surface area contributed by atoms with E-state index in [0.717, 1.165) is 40.8 Å². The van der Waals surface area contributed by atoms with E-state index < -0.39 is 0 Å². The van der Waals surface area contributed by atoms with Gasteiger partial charge in [0.05, 0.1) is 16.6 Å². The number of anilines is 1. The van der Waals surface area contributed by atoms with Gasteiger partial charge < -0.3 is 5.32 Å². The standard InChI is InChI=1S/C26H29N7OS/c1-17(35-25-30-29-23(32(25)19-12-13-19)18-9-8-14-27-16-18)24(34)28-22-15-21(26(2,3)4)31-33(22)20-10-6-5-7-11-20/h5-11,14-17,19H,12-13H2,1-4H3,(H,28,34)/t17-/m0/s1. The maximum Gasteiger partial charge on any atom is 0.238 e. The molecule has 8 nitrogen and oxygen atoms in total. The molecule has 1 atom stereocenters. The number of rotatable bonds is 7. The quantitative estimate of drug-likeness (QED) is 0.357. The first-order valence-electron chi connectivity index (χ1n) is 11.8. The third-order valence-corrected chi connectivity index (χ3v) is 6.93. The molecule has 180 valence electrons. The first-order valence-corrected chi connectivity index (χ1v) is 12.7. The minimum Gasteiger partial charge on any atom is -0.310 e. The van der Waals surface area contributed by atoms with Crippen LogP contribution in [0.4, 0.5) is 5.82 Å². The van der Waals surface area contributed by atoms with Crippen molar-refractivity contribution in [3.05, 3.63) is 66.6 Å². The Morgan fingerprint density at radius 3 is 2.54 bits per heavy atom. The van der Waals surface area contributed by atoms with Gasteiger partial charge in [0.15, 0.2) is 11.0 Å². The summed E-state index contributed by atoms with van der Waals surface area (Å²) in [6.07, 6.45) is 5.72. The van der Waals surface area contributed by atoms with E-state index in [1.165, 1.54) is 11.8 Å². The van der Waals surface area contributed by atoms with E-state index in [9.17, 15) is 4.79 Å². The molecule has 1 aromatic carbocycles. The van der Waals surface area contributed by atoms with Gasteiger partial charge in [0, 0.05) is 35.5 Å². The molecule has 1 aliphatic carbocycles. The highest BCUT2D eigenvalue weighted by Crippen LogP contribution is 2.41. The summed E-state index contributed by atoms with van der Waals surface area (Å²) < 4.78 is 3.94. The number of thioether (sulfide) groups is 1. The number of nitrogens with one attached hydrogen (secondary N) is 1. The molecule has 5 rings (SSSR count). The number of carbonyl (C=O) groups is 1. The van der Waals surface area contributed by atoms with Crippen molar-refractivity contribution in [3.63, 3.8) is 0 Å². The molecule has 1 saturated carbocycles. The van der Waals surface area contributed by atoms with Crippen molar-refractivity contribution in [2.24, 2.45) is 0 Å². The van der Waals surface area contributed by atoms with Crippen LogP contribution < -0.4 is 5.32 Å². The number of amides is 1. The highest BCUT2D eigenvalue weighted by molar-refractivity contribution is 8.00. The fourth-order valence-electron chi connectivity index (χ4n) is 3.75. The summed E-state index contributed by atoms with van der Waals surface area (Å²) in [5, 5.41) is 17.1. The molecule has 0 aliphatic heterocycles. The van der Waals surface area contributed by atoms with Crippen LogP contribution in [0.2, 0.25) is 0 Å². The maximum atomic E-state index is 13.3. The second-order valence-electron chi connectivity index (χ2n) is 9.81. The van der Waals surface area contributed by atoms with Crippen LogP contribution in [-0.2, 0) is 10.2 Å². The fourth-order valence-corrected chi connectivity index (χ4v) is 4.67. The van der Waals surface area contributed by atoms with E-state index in [2.05, 4.69) is 45.8 Å². The van der Waals surface area contributed by atoms with Crippen LogP contribution in [0.1, 0.15) is 52.3 Å². The summed E-state index contributed by atoms with van der Waals surface area (Å²) in [7, 11) is 0. The van der Waals surface area contributed by atoms with Crippen LogP contribution in [0.25, 0.3) is 17.1 Å².